The van der Waals surface area contributed by atoms with Crippen molar-refractivity contribution >= 4 is 23.5 Å². The van der Waals surface area contributed by atoms with E-state index < -0.39 is 60.8 Å². The van der Waals surface area contributed by atoms with Gasteiger partial charge in [0.25, 0.3) is 0 Å². The van der Waals surface area contributed by atoms with Crippen LogP contribution in [0.2, 0.25) is 0 Å². The second-order valence-electron chi connectivity index (χ2n) is 4.64. The zero-order chi connectivity index (χ0) is 19.6. The second-order valence-corrected chi connectivity index (χ2v) is 8.22. The van der Waals surface area contributed by atoms with E-state index in [1.54, 1.807) is 0 Å². The van der Waals surface area contributed by atoms with E-state index in [0.717, 1.165) is 7.11 Å². The summed E-state index contributed by atoms with van der Waals surface area (Å²) < 4.78 is 56.0. The van der Waals surface area contributed by atoms with Gasteiger partial charge in [-0.3, -0.25) is 13.6 Å². The van der Waals surface area contributed by atoms with E-state index >= 15 is 0 Å². The summed E-state index contributed by atoms with van der Waals surface area (Å²) >= 11 is 0. The number of hydrogen-bond acceptors (Lipinski definition) is 9. The first-order valence-corrected chi connectivity index (χ1v) is 10.8. The summed E-state index contributed by atoms with van der Waals surface area (Å²) in [7, 11) is -15.0. The van der Waals surface area contributed by atoms with Crippen LogP contribution >= 0.6 is 23.5 Å². The van der Waals surface area contributed by atoms with Crippen LogP contribution in [-0.4, -0.2) is 78.9 Å². The number of hydrogen-bond donors (Lipinski definition) is 7. The summed E-state index contributed by atoms with van der Waals surface area (Å²) in [6.07, 6.45) is -9.75. The summed E-state index contributed by atoms with van der Waals surface area (Å²) in [4.78, 5) is 53.6. The minimum absolute atomic E-state index is 0.966. The molecule has 0 bridgehead atoms. The van der Waals surface area contributed by atoms with Crippen molar-refractivity contribution in [2.45, 2.75) is 30.7 Å². The topological polar surface area (TPSA) is 239 Å². The third kappa shape index (κ3) is 7.77. The maximum absolute atomic E-state index is 11.1. The second kappa shape index (κ2) is 8.48. The van der Waals surface area contributed by atoms with E-state index in [2.05, 4.69) is 13.6 Å². The quantitative estimate of drug-likeness (QED) is 0.200. The lowest BCUT2D eigenvalue weighted by Gasteiger charge is -2.44. The van der Waals surface area contributed by atoms with E-state index in [9.17, 15) is 18.8 Å². The zero-order valence-electron chi connectivity index (χ0n) is 12.3. The van der Waals surface area contributed by atoms with Gasteiger partial charge in [0.05, 0.1) is 6.61 Å². The molecule has 25 heavy (non-hydrogen) atoms. The molecule has 1 aliphatic rings. The van der Waals surface area contributed by atoms with E-state index in [4.69, 9.17) is 38.8 Å². The molecule has 1 heterocycles. The van der Waals surface area contributed by atoms with Crippen molar-refractivity contribution in [1.29, 1.82) is 0 Å². The molecule has 0 aliphatic carbocycles. The molecule has 0 saturated carbocycles. The minimum Gasteiger partial charge on any atom is -0.394 e. The summed E-state index contributed by atoms with van der Waals surface area (Å²) in [5.41, 5.74) is 0. The third-order valence-corrected chi connectivity index (χ3v) is 4.33. The van der Waals surface area contributed by atoms with Gasteiger partial charge in [0.2, 0.25) is 0 Å². The van der Waals surface area contributed by atoms with Crippen molar-refractivity contribution in [2.24, 2.45) is 0 Å². The standard InChI is InChI=1S/C7H17O15P3/c1-18-7-6(22-25(15,16)17)5(21-24(12,13)14)4(3(2-8)19-7)20-23(9,10)11/h3-8H,2H2,1H3,(H2,9,10,11)(H2,12,13,14)(H2,15,16,17)/t3-,4-,5+,6+,7?/m1/s1. The maximum atomic E-state index is 11.1. The molecule has 7 N–H and O–H groups in total. The Labute approximate surface area is 140 Å². The first-order valence-electron chi connectivity index (χ1n) is 6.18. The van der Waals surface area contributed by atoms with Crippen molar-refractivity contribution < 1.29 is 71.2 Å². The summed E-state index contributed by atoms with van der Waals surface area (Å²) in [5, 5.41) is 9.25. The van der Waals surface area contributed by atoms with Crippen LogP contribution in [0.4, 0.5) is 0 Å². The van der Waals surface area contributed by atoms with Crippen molar-refractivity contribution in [3.8, 4) is 0 Å². The molecular formula is C7H17O15P3. The SMILES string of the molecule is COC1O[C@H](CO)[C@@H](OP(=O)(O)O)[C@H](OP(=O)(O)O)[C@@H]1OP(=O)(O)O. The zero-order valence-corrected chi connectivity index (χ0v) is 15.0. The molecule has 150 valence electrons. The molecule has 1 saturated heterocycles. The molecular weight excluding hydrogens is 417 g/mol. The first kappa shape index (κ1) is 23.2. The number of phosphoric acid groups is 3. The highest BCUT2D eigenvalue weighted by Gasteiger charge is 2.54. The fraction of sp³-hybridized carbons (Fsp3) is 1.00. The highest BCUT2D eigenvalue weighted by atomic mass is 31.2. The van der Waals surface area contributed by atoms with Gasteiger partial charge in [0, 0.05) is 7.11 Å². The number of rotatable bonds is 8. The number of aliphatic hydroxyl groups excluding tert-OH is 1. The molecule has 1 rings (SSSR count). The average molecular weight is 434 g/mol. The van der Waals surface area contributed by atoms with Gasteiger partial charge in [-0.1, -0.05) is 0 Å². The Hall–Kier alpha value is 0.210. The van der Waals surface area contributed by atoms with Gasteiger partial charge in [-0.2, -0.15) is 0 Å². The van der Waals surface area contributed by atoms with Crippen LogP contribution in [0.3, 0.4) is 0 Å². The molecule has 0 aromatic rings. The predicted octanol–water partition coefficient (Wildman–Crippen LogP) is -2.22. The lowest BCUT2D eigenvalue weighted by atomic mass is 9.99. The molecule has 15 nitrogen and oxygen atoms in total. The van der Waals surface area contributed by atoms with Crippen molar-refractivity contribution in [3.05, 3.63) is 0 Å². The van der Waals surface area contributed by atoms with E-state index in [-0.39, 0.29) is 0 Å². The van der Waals surface area contributed by atoms with Crippen LogP contribution in [0.15, 0.2) is 0 Å². The molecule has 18 heteroatoms. The van der Waals surface area contributed by atoms with Gasteiger partial charge in [-0.05, 0) is 0 Å². The Morgan fingerprint density at radius 2 is 1.20 bits per heavy atom. The molecule has 1 aliphatic heterocycles. The molecule has 0 amide bonds. The Bertz CT molecular complexity index is 538. The third-order valence-electron chi connectivity index (χ3n) is 2.78. The monoisotopic (exact) mass is 434 g/mol. The fourth-order valence-corrected chi connectivity index (χ4v) is 3.72. The Kier molecular flexibility index (Phi) is 7.89. The smallest absolute Gasteiger partial charge is 0.394 e. The summed E-state index contributed by atoms with van der Waals surface area (Å²) in [6, 6.07) is 0. The highest BCUT2D eigenvalue weighted by molar-refractivity contribution is 7.47. The minimum atomic E-state index is -5.37. The van der Waals surface area contributed by atoms with Crippen LogP contribution in [0, 0.1) is 0 Å². The summed E-state index contributed by atoms with van der Waals surface area (Å²) in [5.74, 6) is 0. The lowest BCUT2D eigenvalue weighted by molar-refractivity contribution is -0.285. The van der Waals surface area contributed by atoms with E-state index in [0.29, 0.717) is 0 Å². The van der Waals surface area contributed by atoms with Gasteiger partial charge >= 0.3 is 23.5 Å². The van der Waals surface area contributed by atoms with E-state index in [1.165, 1.54) is 0 Å². The summed E-state index contributed by atoms with van der Waals surface area (Å²) in [6.45, 7) is -0.978. The molecule has 5 atom stereocenters. The molecule has 1 unspecified atom stereocenters. The average Bonchev–Trinajstić information content (AvgIpc) is 2.38. The molecule has 1 fully saturated rings. The number of aliphatic hydroxyl groups is 1. The normalized spacial score (nSPS) is 31.9. The Morgan fingerprint density at radius 3 is 1.56 bits per heavy atom. The van der Waals surface area contributed by atoms with Crippen LogP contribution in [0.25, 0.3) is 0 Å². The Morgan fingerprint density at radius 1 is 0.800 bits per heavy atom. The number of ether oxygens (including phenoxy) is 2. The fourth-order valence-electron chi connectivity index (χ4n) is 2.05. The predicted molar refractivity (Wildman–Crippen MR) is 73.5 cm³/mol. The van der Waals surface area contributed by atoms with Gasteiger partial charge in [-0.25, -0.2) is 13.7 Å². The molecule has 0 radical (unpaired) electrons. The van der Waals surface area contributed by atoms with Crippen LogP contribution < -0.4 is 0 Å². The van der Waals surface area contributed by atoms with Gasteiger partial charge in [0.15, 0.2) is 6.29 Å². The van der Waals surface area contributed by atoms with Crippen molar-refractivity contribution in [3.63, 3.8) is 0 Å². The number of methoxy groups -OCH3 is 1. The molecule has 0 aromatic heterocycles. The van der Waals surface area contributed by atoms with Crippen LogP contribution in [-0.2, 0) is 36.7 Å². The van der Waals surface area contributed by atoms with Gasteiger partial charge in [-0.15, -0.1) is 0 Å². The Balaban J connectivity index is 3.34. The first-order chi connectivity index (χ1) is 11.2. The largest absolute Gasteiger partial charge is 0.470 e. The molecule has 0 spiro atoms. The maximum Gasteiger partial charge on any atom is 0.470 e. The van der Waals surface area contributed by atoms with Crippen molar-refractivity contribution in [2.75, 3.05) is 13.7 Å². The lowest BCUT2D eigenvalue weighted by Crippen LogP contribution is -2.60. The van der Waals surface area contributed by atoms with Gasteiger partial charge in [0.1, 0.15) is 24.4 Å². The van der Waals surface area contributed by atoms with Gasteiger partial charge < -0.3 is 43.9 Å². The molecule has 0 aromatic carbocycles. The van der Waals surface area contributed by atoms with Crippen LogP contribution in [0.1, 0.15) is 0 Å². The van der Waals surface area contributed by atoms with Crippen LogP contribution in [0.5, 0.6) is 0 Å². The van der Waals surface area contributed by atoms with E-state index in [1.807, 2.05) is 0 Å². The number of phosphoric ester groups is 3. The highest BCUT2D eigenvalue weighted by Crippen LogP contribution is 2.50. The van der Waals surface area contributed by atoms with Crippen molar-refractivity contribution in [1.82, 2.24) is 0 Å².